The molecular formula is C24H52B2O3. The van der Waals surface area contributed by atoms with Crippen LogP contribution in [0.1, 0.15) is 142 Å². The minimum atomic E-state index is -0.804. The summed E-state index contributed by atoms with van der Waals surface area (Å²) < 4.78 is 5.33. The zero-order valence-corrected chi connectivity index (χ0v) is 20.0. The third-order valence-corrected chi connectivity index (χ3v) is 5.92. The lowest BCUT2D eigenvalue weighted by Crippen LogP contribution is -2.29. The van der Waals surface area contributed by atoms with Crippen molar-refractivity contribution in [3.63, 3.8) is 0 Å². The van der Waals surface area contributed by atoms with E-state index in [2.05, 4.69) is 13.8 Å². The Hall–Kier alpha value is 0.00987. The second-order valence-corrected chi connectivity index (χ2v) is 8.99. The molecule has 0 atom stereocenters. The van der Waals surface area contributed by atoms with Crippen LogP contribution in [0.3, 0.4) is 0 Å². The van der Waals surface area contributed by atoms with Gasteiger partial charge in [-0.25, -0.2) is 0 Å². The van der Waals surface area contributed by atoms with Gasteiger partial charge in [-0.1, -0.05) is 142 Å². The smallest absolute Gasteiger partial charge is 0.440 e. The van der Waals surface area contributed by atoms with Gasteiger partial charge in [0.05, 0.1) is 0 Å². The number of hydrogen-bond acceptors (Lipinski definition) is 3. The first-order valence-electron chi connectivity index (χ1n) is 13.2. The third-order valence-electron chi connectivity index (χ3n) is 5.92. The maximum Gasteiger partial charge on any atom is 0.440 e. The quantitative estimate of drug-likeness (QED) is 0.126. The Morgan fingerprint density at radius 3 is 0.931 bits per heavy atom. The number of hydrogen-bond donors (Lipinski definition) is 2. The lowest BCUT2D eigenvalue weighted by molar-refractivity contribution is 0.349. The maximum absolute atomic E-state index is 9.92. The van der Waals surface area contributed by atoms with Crippen LogP contribution in [0, 0.1) is 0 Å². The van der Waals surface area contributed by atoms with Crippen LogP contribution in [0.25, 0.3) is 0 Å². The van der Waals surface area contributed by atoms with Crippen molar-refractivity contribution in [2.75, 3.05) is 0 Å². The molecule has 0 spiro atoms. The molecule has 0 aromatic rings. The van der Waals surface area contributed by atoms with E-state index in [-0.39, 0.29) is 0 Å². The van der Waals surface area contributed by atoms with Crippen LogP contribution < -0.4 is 0 Å². The van der Waals surface area contributed by atoms with E-state index in [0.717, 1.165) is 25.7 Å². The fourth-order valence-corrected chi connectivity index (χ4v) is 3.93. The molecular weight excluding hydrogens is 358 g/mol. The highest BCUT2D eigenvalue weighted by Crippen LogP contribution is 2.14. The molecule has 0 aliphatic heterocycles. The molecule has 0 radical (unpaired) electrons. The topological polar surface area (TPSA) is 49.7 Å². The highest BCUT2D eigenvalue weighted by molar-refractivity contribution is 6.57. The molecule has 0 unspecified atom stereocenters. The van der Waals surface area contributed by atoms with Gasteiger partial charge in [-0.3, -0.25) is 0 Å². The first kappa shape index (κ1) is 29.0. The molecule has 29 heavy (non-hydrogen) atoms. The van der Waals surface area contributed by atoms with E-state index in [1.807, 2.05) is 0 Å². The highest BCUT2D eigenvalue weighted by atomic mass is 16.5. The van der Waals surface area contributed by atoms with Crippen molar-refractivity contribution in [3.05, 3.63) is 0 Å². The largest absolute Gasteiger partial charge is 0.451 e. The lowest BCUT2D eigenvalue weighted by atomic mass is 9.74. The van der Waals surface area contributed by atoms with Crippen LogP contribution in [0.15, 0.2) is 0 Å². The first-order chi connectivity index (χ1) is 14.2. The SMILES string of the molecule is CCCCCCCCCCCCB(O)OB(O)CCCCCCCCCCCC. The Balaban J connectivity index is 3.29. The zero-order valence-electron chi connectivity index (χ0n) is 20.0. The molecule has 5 heteroatoms. The van der Waals surface area contributed by atoms with Gasteiger partial charge in [-0.2, -0.15) is 0 Å². The molecule has 0 saturated heterocycles. The molecule has 0 fully saturated rings. The molecule has 0 aromatic carbocycles. The Bertz CT molecular complexity index is 278. The van der Waals surface area contributed by atoms with Crippen molar-refractivity contribution >= 4 is 14.2 Å². The standard InChI is InChI=1S/C24H52B2O3/c1-3-5-7-9-11-13-15-17-19-21-23-25(27)29-26(28)24-22-20-18-16-14-12-10-8-6-4-2/h27-28H,3-24H2,1-2H3. The van der Waals surface area contributed by atoms with Crippen molar-refractivity contribution in [2.45, 2.75) is 155 Å². The van der Waals surface area contributed by atoms with E-state index in [1.54, 1.807) is 0 Å². The van der Waals surface area contributed by atoms with Crippen LogP contribution in [-0.4, -0.2) is 24.3 Å². The normalized spacial score (nSPS) is 11.2. The van der Waals surface area contributed by atoms with Gasteiger partial charge >= 0.3 is 14.2 Å². The average Bonchev–Trinajstić information content (AvgIpc) is 2.70. The fourth-order valence-electron chi connectivity index (χ4n) is 3.93. The molecule has 0 aliphatic rings. The predicted octanol–water partition coefficient (Wildman–Crippen LogP) is 7.81. The minimum Gasteiger partial charge on any atom is -0.451 e. The summed E-state index contributed by atoms with van der Waals surface area (Å²) in [4.78, 5) is 0. The summed E-state index contributed by atoms with van der Waals surface area (Å²) in [6, 6.07) is 0. The molecule has 172 valence electrons. The Morgan fingerprint density at radius 1 is 0.414 bits per heavy atom. The summed E-state index contributed by atoms with van der Waals surface area (Å²) in [5, 5.41) is 19.8. The summed E-state index contributed by atoms with van der Waals surface area (Å²) in [6.07, 6.45) is 27.1. The maximum atomic E-state index is 9.92. The van der Waals surface area contributed by atoms with Crippen LogP contribution >= 0.6 is 0 Å². The molecule has 0 rings (SSSR count). The summed E-state index contributed by atoms with van der Waals surface area (Å²) in [5.74, 6) is 0. The van der Waals surface area contributed by atoms with Gasteiger partial charge < -0.3 is 14.6 Å². The summed E-state index contributed by atoms with van der Waals surface area (Å²) in [5.41, 5.74) is 0. The molecule has 0 heterocycles. The van der Waals surface area contributed by atoms with Gasteiger partial charge in [0.1, 0.15) is 0 Å². The highest BCUT2D eigenvalue weighted by Gasteiger charge is 2.21. The van der Waals surface area contributed by atoms with E-state index in [4.69, 9.17) is 4.57 Å². The molecule has 0 aliphatic carbocycles. The molecule has 3 nitrogen and oxygen atoms in total. The van der Waals surface area contributed by atoms with Gasteiger partial charge in [0, 0.05) is 0 Å². The van der Waals surface area contributed by atoms with Crippen LogP contribution in [0.4, 0.5) is 0 Å². The van der Waals surface area contributed by atoms with E-state index in [9.17, 15) is 10.0 Å². The summed E-state index contributed by atoms with van der Waals surface area (Å²) in [6.45, 7) is 4.52. The molecule has 0 amide bonds. The zero-order chi connectivity index (χ0) is 21.4. The second kappa shape index (κ2) is 24.3. The van der Waals surface area contributed by atoms with E-state index < -0.39 is 14.2 Å². The monoisotopic (exact) mass is 410 g/mol. The Kier molecular flexibility index (Phi) is 24.3. The van der Waals surface area contributed by atoms with Gasteiger partial charge in [0.25, 0.3) is 0 Å². The van der Waals surface area contributed by atoms with Crippen molar-refractivity contribution in [1.29, 1.82) is 0 Å². The molecule has 2 N–H and O–H groups in total. The third kappa shape index (κ3) is 24.2. The van der Waals surface area contributed by atoms with E-state index in [0.29, 0.717) is 12.6 Å². The van der Waals surface area contributed by atoms with Gasteiger partial charge in [-0.15, -0.1) is 0 Å². The molecule has 0 aromatic heterocycles. The molecule has 0 bridgehead atoms. The Labute approximate surface area is 184 Å². The van der Waals surface area contributed by atoms with Crippen molar-refractivity contribution in [2.24, 2.45) is 0 Å². The van der Waals surface area contributed by atoms with Gasteiger partial charge in [0.2, 0.25) is 0 Å². The van der Waals surface area contributed by atoms with Gasteiger partial charge in [0.15, 0.2) is 0 Å². The van der Waals surface area contributed by atoms with E-state index >= 15 is 0 Å². The fraction of sp³-hybridized carbons (Fsp3) is 1.00. The minimum absolute atomic E-state index is 0.644. The van der Waals surface area contributed by atoms with E-state index in [1.165, 1.54) is 103 Å². The Morgan fingerprint density at radius 2 is 0.655 bits per heavy atom. The van der Waals surface area contributed by atoms with Crippen molar-refractivity contribution in [1.82, 2.24) is 0 Å². The average molecular weight is 410 g/mol. The number of unbranched alkanes of at least 4 members (excludes halogenated alkanes) is 18. The van der Waals surface area contributed by atoms with Crippen LogP contribution in [0.2, 0.25) is 12.6 Å². The summed E-state index contributed by atoms with van der Waals surface area (Å²) >= 11 is 0. The molecule has 0 saturated carbocycles. The van der Waals surface area contributed by atoms with Crippen LogP contribution in [0.5, 0.6) is 0 Å². The first-order valence-corrected chi connectivity index (χ1v) is 13.2. The van der Waals surface area contributed by atoms with Crippen molar-refractivity contribution in [3.8, 4) is 0 Å². The van der Waals surface area contributed by atoms with Gasteiger partial charge in [-0.05, 0) is 12.6 Å². The van der Waals surface area contributed by atoms with Crippen LogP contribution in [-0.2, 0) is 4.57 Å². The predicted molar refractivity (Wildman–Crippen MR) is 130 cm³/mol. The van der Waals surface area contributed by atoms with Crippen molar-refractivity contribution < 1.29 is 14.6 Å². The number of rotatable bonds is 24. The lowest BCUT2D eigenvalue weighted by Gasteiger charge is -2.11. The second-order valence-electron chi connectivity index (χ2n) is 8.99. The summed E-state index contributed by atoms with van der Waals surface area (Å²) in [7, 11) is -1.61.